The second-order valence-corrected chi connectivity index (χ2v) is 5.81. The Labute approximate surface area is 150 Å². The summed E-state index contributed by atoms with van der Waals surface area (Å²) < 4.78 is 5.09. The minimum Gasteiger partial charge on any atom is -0.495 e. The second-order valence-electron chi connectivity index (χ2n) is 5.00. The molecule has 2 heterocycles. The van der Waals surface area contributed by atoms with Gasteiger partial charge in [0.1, 0.15) is 18.0 Å². The fourth-order valence-corrected chi connectivity index (χ4v) is 2.63. The van der Waals surface area contributed by atoms with Gasteiger partial charge in [0.2, 0.25) is 5.96 Å². The Morgan fingerprint density at radius 1 is 1.25 bits per heavy atom. The normalized spacial score (nSPS) is 15.6. The predicted octanol–water partition coefficient (Wildman–Crippen LogP) is 3.42. The Hall–Kier alpha value is -2.02. The number of aromatic nitrogens is 1. The average Bonchev–Trinajstić information content (AvgIpc) is 3.04. The van der Waals surface area contributed by atoms with Crippen LogP contribution < -0.4 is 10.1 Å². The van der Waals surface area contributed by atoms with Gasteiger partial charge in [-0.05, 0) is 24.3 Å². The molecule has 0 saturated carbocycles. The van der Waals surface area contributed by atoms with Crippen LogP contribution in [-0.4, -0.2) is 36.2 Å². The maximum atomic E-state index is 6.16. The van der Waals surface area contributed by atoms with Crippen LogP contribution in [0.1, 0.15) is 5.69 Å². The molecule has 1 aliphatic rings. The molecule has 0 atom stereocenters. The van der Waals surface area contributed by atoms with E-state index in [0.717, 1.165) is 12.2 Å². The molecule has 6 nitrogen and oxygen atoms in total. The minimum atomic E-state index is 0.320. The highest BCUT2D eigenvalue weighted by Gasteiger charge is 2.20. The quantitative estimate of drug-likeness (QED) is 0.878. The lowest BCUT2D eigenvalue weighted by atomic mass is 10.3. The maximum absolute atomic E-state index is 6.16. The number of nitrogens with zero attached hydrogens (tertiary/aromatic N) is 3. The van der Waals surface area contributed by atoms with Gasteiger partial charge in [0.05, 0.1) is 35.6 Å². The van der Waals surface area contributed by atoms with Gasteiger partial charge >= 0.3 is 0 Å². The van der Waals surface area contributed by atoms with E-state index < -0.39 is 0 Å². The number of para-hydroxylation sites is 1. The van der Waals surface area contributed by atoms with E-state index in [1.807, 2.05) is 12.1 Å². The molecule has 0 unspecified atom stereocenters. The number of aliphatic imine (C=N–C) groups is 1. The number of hydroxylamine groups is 2. The van der Waals surface area contributed by atoms with Crippen molar-refractivity contribution in [2.45, 2.75) is 6.61 Å². The van der Waals surface area contributed by atoms with E-state index in [1.165, 1.54) is 0 Å². The SMILES string of the molecule is COc1ccc(CON2CCN/C2=N\c2c(Cl)cccc2Cl)nc1. The lowest BCUT2D eigenvalue weighted by Crippen LogP contribution is -2.30. The zero-order valence-electron chi connectivity index (χ0n) is 13.0. The number of ether oxygens (including phenoxy) is 1. The molecule has 1 aromatic carbocycles. The number of nitrogens with one attached hydrogen (secondary N) is 1. The Morgan fingerprint density at radius 3 is 2.71 bits per heavy atom. The number of rotatable bonds is 5. The van der Waals surface area contributed by atoms with Crippen molar-refractivity contribution in [3.63, 3.8) is 0 Å². The molecule has 0 spiro atoms. The molecule has 24 heavy (non-hydrogen) atoms. The third kappa shape index (κ3) is 3.90. The van der Waals surface area contributed by atoms with Crippen LogP contribution >= 0.6 is 23.2 Å². The lowest BCUT2D eigenvalue weighted by Gasteiger charge is -2.17. The highest BCUT2D eigenvalue weighted by Crippen LogP contribution is 2.33. The van der Waals surface area contributed by atoms with Crippen molar-refractivity contribution in [2.24, 2.45) is 4.99 Å². The molecule has 1 aromatic heterocycles. The summed E-state index contributed by atoms with van der Waals surface area (Å²) in [6.45, 7) is 1.70. The van der Waals surface area contributed by atoms with E-state index in [9.17, 15) is 0 Å². The summed E-state index contributed by atoms with van der Waals surface area (Å²) in [5.74, 6) is 1.27. The standard InChI is InChI=1S/C16H16Cl2N4O2/c1-23-12-6-5-11(20-9-12)10-24-22-8-7-19-16(22)21-15-13(17)3-2-4-14(15)18/h2-6,9H,7-8,10H2,1H3,(H,19,21). The van der Waals surface area contributed by atoms with Crippen molar-refractivity contribution < 1.29 is 9.57 Å². The Bertz CT molecular complexity index is 717. The predicted molar refractivity (Wildman–Crippen MR) is 93.8 cm³/mol. The van der Waals surface area contributed by atoms with Gasteiger partial charge in [0, 0.05) is 6.54 Å². The fourth-order valence-electron chi connectivity index (χ4n) is 2.15. The smallest absolute Gasteiger partial charge is 0.223 e. The van der Waals surface area contributed by atoms with Gasteiger partial charge < -0.3 is 10.1 Å². The van der Waals surface area contributed by atoms with Crippen LogP contribution in [0.2, 0.25) is 10.0 Å². The van der Waals surface area contributed by atoms with Crippen molar-refractivity contribution in [2.75, 3.05) is 20.2 Å². The van der Waals surface area contributed by atoms with Crippen LogP contribution in [-0.2, 0) is 11.4 Å². The first-order chi connectivity index (χ1) is 11.7. The summed E-state index contributed by atoms with van der Waals surface area (Å²) in [6, 6.07) is 8.96. The van der Waals surface area contributed by atoms with Crippen molar-refractivity contribution >= 4 is 34.8 Å². The molecular weight excluding hydrogens is 351 g/mol. The number of hydrogen-bond acceptors (Lipinski definition) is 4. The Morgan fingerprint density at radius 2 is 2.04 bits per heavy atom. The van der Waals surface area contributed by atoms with E-state index in [2.05, 4.69) is 15.3 Å². The van der Waals surface area contributed by atoms with Crippen LogP contribution in [0, 0.1) is 0 Å². The third-order valence-corrected chi connectivity index (χ3v) is 4.00. The number of halogens is 2. The minimum absolute atomic E-state index is 0.320. The maximum Gasteiger partial charge on any atom is 0.223 e. The summed E-state index contributed by atoms with van der Waals surface area (Å²) >= 11 is 12.3. The number of pyridine rings is 1. The first kappa shape index (κ1) is 16.8. The molecule has 126 valence electrons. The molecule has 0 amide bonds. The van der Waals surface area contributed by atoms with Crippen molar-refractivity contribution in [1.82, 2.24) is 15.4 Å². The average molecular weight is 367 g/mol. The monoisotopic (exact) mass is 366 g/mol. The summed E-state index contributed by atoms with van der Waals surface area (Å²) in [4.78, 5) is 14.5. The van der Waals surface area contributed by atoms with E-state index in [4.69, 9.17) is 32.8 Å². The molecule has 0 aliphatic carbocycles. The van der Waals surface area contributed by atoms with Gasteiger partial charge in [-0.3, -0.25) is 9.82 Å². The summed E-state index contributed by atoms with van der Waals surface area (Å²) in [5, 5.41) is 5.80. The van der Waals surface area contributed by atoms with Crippen molar-refractivity contribution in [3.05, 3.63) is 52.3 Å². The molecule has 1 saturated heterocycles. The molecule has 1 aliphatic heterocycles. The van der Waals surface area contributed by atoms with Crippen LogP contribution in [0.25, 0.3) is 0 Å². The molecule has 1 fully saturated rings. The van der Waals surface area contributed by atoms with Gasteiger partial charge in [-0.1, -0.05) is 29.3 Å². The highest BCUT2D eigenvalue weighted by atomic mass is 35.5. The summed E-state index contributed by atoms with van der Waals surface area (Å²) in [6.07, 6.45) is 1.65. The van der Waals surface area contributed by atoms with E-state index in [1.54, 1.807) is 36.6 Å². The van der Waals surface area contributed by atoms with Gasteiger partial charge in [-0.15, -0.1) is 0 Å². The molecule has 2 aromatic rings. The van der Waals surface area contributed by atoms with E-state index in [-0.39, 0.29) is 0 Å². The summed E-state index contributed by atoms with van der Waals surface area (Å²) in [5.41, 5.74) is 1.30. The molecule has 0 bridgehead atoms. The molecule has 1 N–H and O–H groups in total. The van der Waals surface area contributed by atoms with E-state index in [0.29, 0.717) is 40.6 Å². The second kappa shape index (κ2) is 7.70. The number of methoxy groups -OCH3 is 1. The topological polar surface area (TPSA) is 59.0 Å². The molecule has 8 heteroatoms. The van der Waals surface area contributed by atoms with Crippen LogP contribution in [0.5, 0.6) is 5.75 Å². The van der Waals surface area contributed by atoms with Gasteiger partial charge in [0.15, 0.2) is 0 Å². The van der Waals surface area contributed by atoms with E-state index >= 15 is 0 Å². The number of hydrogen-bond donors (Lipinski definition) is 1. The van der Waals surface area contributed by atoms with Crippen LogP contribution in [0.3, 0.4) is 0 Å². The largest absolute Gasteiger partial charge is 0.495 e. The van der Waals surface area contributed by atoms with Gasteiger partial charge in [-0.25, -0.2) is 10.1 Å². The fraction of sp³-hybridized carbons (Fsp3) is 0.250. The lowest BCUT2D eigenvalue weighted by molar-refractivity contribution is -0.103. The van der Waals surface area contributed by atoms with Crippen molar-refractivity contribution in [3.8, 4) is 5.75 Å². The Balaban J connectivity index is 1.70. The highest BCUT2D eigenvalue weighted by molar-refractivity contribution is 6.38. The van der Waals surface area contributed by atoms with Crippen LogP contribution in [0.4, 0.5) is 5.69 Å². The third-order valence-electron chi connectivity index (χ3n) is 3.39. The first-order valence-corrected chi connectivity index (χ1v) is 8.09. The molecule has 3 rings (SSSR count). The zero-order chi connectivity index (χ0) is 16.9. The molecule has 0 radical (unpaired) electrons. The van der Waals surface area contributed by atoms with Crippen LogP contribution in [0.15, 0.2) is 41.5 Å². The number of guanidine groups is 1. The first-order valence-electron chi connectivity index (χ1n) is 7.33. The Kier molecular flexibility index (Phi) is 5.40. The van der Waals surface area contributed by atoms with Crippen molar-refractivity contribution in [1.29, 1.82) is 0 Å². The summed E-state index contributed by atoms with van der Waals surface area (Å²) in [7, 11) is 1.60. The number of benzene rings is 1. The molecular formula is C16H16Cl2N4O2. The zero-order valence-corrected chi connectivity index (χ0v) is 14.5. The van der Waals surface area contributed by atoms with Gasteiger partial charge in [0.25, 0.3) is 0 Å². The van der Waals surface area contributed by atoms with Gasteiger partial charge in [-0.2, -0.15) is 0 Å².